The van der Waals surface area contributed by atoms with E-state index in [1.54, 1.807) is 7.11 Å². The molecule has 0 aromatic carbocycles. The van der Waals surface area contributed by atoms with Gasteiger partial charge in [0.05, 0.1) is 6.10 Å². The highest BCUT2D eigenvalue weighted by molar-refractivity contribution is 5.83. The highest BCUT2D eigenvalue weighted by atomic mass is 16.5. The molecular formula is C22H36O3. The van der Waals surface area contributed by atoms with Gasteiger partial charge >= 0.3 is 0 Å². The van der Waals surface area contributed by atoms with Crippen LogP contribution in [0.1, 0.15) is 71.6 Å². The smallest absolute Gasteiger partial charge is 0.162 e. The lowest BCUT2D eigenvalue weighted by Gasteiger charge is -2.60. The topological polar surface area (TPSA) is 46.5 Å². The summed E-state index contributed by atoms with van der Waals surface area (Å²) < 4.78 is 5.17. The molecule has 3 heteroatoms. The molecule has 4 aliphatic rings. The summed E-state index contributed by atoms with van der Waals surface area (Å²) in [6.45, 7) is 5.24. The Labute approximate surface area is 152 Å². The highest BCUT2D eigenvalue weighted by Crippen LogP contribution is 2.67. The largest absolute Gasteiger partial charge is 0.393 e. The normalized spacial score (nSPS) is 52.2. The van der Waals surface area contributed by atoms with E-state index in [2.05, 4.69) is 13.8 Å². The van der Waals surface area contributed by atoms with Crippen LogP contribution in [0.15, 0.2) is 0 Å². The summed E-state index contributed by atoms with van der Waals surface area (Å²) in [6, 6.07) is 0. The van der Waals surface area contributed by atoms with Gasteiger partial charge in [-0.3, -0.25) is 4.79 Å². The zero-order chi connectivity index (χ0) is 17.8. The summed E-state index contributed by atoms with van der Waals surface area (Å²) in [6.07, 6.45) is 10.6. The fourth-order valence-corrected chi connectivity index (χ4v) is 8.01. The number of carbonyl (C=O) groups excluding carboxylic acids is 1. The number of hydrogen-bond donors (Lipinski definition) is 1. The molecule has 1 N–H and O–H groups in total. The molecule has 0 amide bonds. The summed E-state index contributed by atoms with van der Waals surface area (Å²) >= 11 is 0. The predicted molar refractivity (Wildman–Crippen MR) is 98.1 cm³/mol. The second kappa shape index (κ2) is 6.34. The van der Waals surface area contributed by atoms with E-state index in [9.17, 15) is 9.90 Å². The number of methoxy groups -OCH3 is 1. The number of hydrogen-bond acceptors (Lipinski definition) is 3. The molecule has 0 unspecified atom stereocenters. The second-order valence-electron chi connectivity index (χ2n) is 10.2. The fourth-order valence-electron chi connectivity index (χ4n) is 8.01. The molecule has 25 heavy (non-hydrogen) atoms. The standard InChI is InChI=1S/C22H36O3/c1-21-10-8-15(23)12-14(21)4-5-16-17-6-7-19(20(24)13-25-3)22(17,2)11-9-18(16)21/h14-19,23H,4-13H2,1-3H3/t14-,15+,16-,17-,18-,19+,21-,22-/m0/s1. The second-order valence-corrected chi connectivity index (χ2v) is 10.2. The van der Waals surface area contributed by atoms with Crippen molar-refractivity contribution in [3.05, 3.63) is 0 Å². The van der Waals surface area contributed by atoms with Crippen LogP contribution in [-0.2, 0) is 9.53 Å². The van der Waals surface area contributed by atoms with E-state index in [0.29, 0.717) is 23.7 Å². The Morgan fingerprint density at radius 3 is 2.48 bits per heavy atom. The molecule has 142 valence electrons. The third kappa shape index (κ3) is 2.64. The number of fused-ring (bicyclic) bond motifs is 5. The predicted octanol–water partition coefficient (Wildman–Crippen LogP) is 4.22. The number of Topliss-reactive ketones (excluding diaryl/α,β-unsaturated/α-hetero) is 1. The van der Waals surface area contributed by atoms with E-state index in [-0.39, 0.29) is 17.4 Å². The number of ketones is 1. The summed E-state index contributed by atoms with van der Waals surface area (Å²) in [4.78, 5) is 12.6. The molecule has 0 radical (unpaired) electrons. The maximum atomic E-state index is 12.6. The maximum Gasteiger partial charge on any atom is 0.162 e. The van der Waals surface area contributed by atoms with Crippen LogP contribution in [0.2, 0.25) is 0 Å². The summed E-state index contributed by atoms with van der Waals surface area (Å²) in [5, 5.41) is 10.1. The van der Waals surface area contributed by atoms with Gasteiger partial charge in [0, 0.05) is 13.0 Å². The van der Waals surface area contributed by atoms with Crippen molar-refractivity contribution < 1.29 is 14.6 Å². The Morgan fingerprint density at radius 2 is 1.72 bits per heavy atom. The average Bonchev–Trinajstić information content (AvgIpc) is 2.93. The number of aliphatic hydroxyl groups excluding tert-OH is 1. The lowest BCUT2D eigenvalue weighted by Crippen LogP contribution is -2.54. The summed E-state index contributed by atoms with van der Waals surface area (Å²) in [5.41, 5.74) is 0.631. The molecule has 4 rings (SSSR count). The van der Waals surface area contributed by atoms with E-state index >= 15 is 0 Å². The first kappa shape index (κ1) is 18.0. The molecule has 4 saturated carbocycles. The van der Waals surface area contributed by atoms with E-state index in [0.717, 1.165) is 37.0 Å². The molecule has 4 fully saturated rings. The summed E-state index contributed by atoms with van der Waals surface area (Å²) in [5.74, 6) is 3.61. The van der Waals surface area contributed by atoms with Gasteiger partial charge in [-0.05, 0) is 92.3 Å². The Kier molecular flexibility index (Phi) is 4.56. The van der Waals surface area contributed by atoms with Crippen molar-refractivity contribution in [3.8, 4) is 0 Å². The minimum atomic E-state index is -0.0639. The van der Waals surface area contributed by atoms with Crippen LogP contribution in [0, 0.1) is 40.4 Å². The van der Waals surface area contributed by atoms with Crippen molar-refractivity contribution >= 4 is 5.78 Å². The van der Waals surface area contributed by atoms with Gasteiger partial charge in [-0.15, -0.1) is 0 Å². The van der Waals surface area contributed by atoms with Crippen LogP contribution in [0.3, 0.4) is 0 Å². The molecule has 4 aliphatic carbocycles. The van der Waals surface area contributed by atoms with Crippen LogP contribution < -0.4 is 0 Å². The molecule has 0 aromatic heterocycles. The van der Waals surface area contributed by atoms with Gasteiger partial charge in [-0.1, -0.05) is 13.8 Å². The third-order valence-electron chi connectivity index (χ3n) is 9.31. The molecule has 3 nitrogen and oxygen atoms in total. The summed E-state index contributed by atoms with van der Waals surface area (Å²) in [7, 11) is 1.64. The van der Waals surface area contributed by atoms with Gasteiger partial charge in [0.25, 0.3) is 0 Å². The van der Waals surface area contributed by atoms with Crippen molar-refractivity contribution in [2.45, 2.75) is 77.7 Å². The third-order valence-corrected chi connectivity index (χ3v) is 9.31. The molecule has 0 saturated heterocycles. The maximum absolute atomic E-state index is 12.6. The Morgan fingerprint density at radius 1 is 1.00 bits per heavy atom. The van der Waals surface area contributed by atoms with Crippen LogP contribution in [0.25, 0.3) is 0 Å². The van der Waals surface area contributed by atoms with Gasteiger partial charge in [-0.2, -0.15) is 0 Å². The molecule has 0 aromatic rings. The van der Waals surface area contributed by atoms with Crippen LogP contribution in [0.5, 0.6) is 0 Å². The van der Waals surface area contributed by atoms with E-state index in [1.165, 1.54) is 38.5 Å². The molecule has 0 aliphatic heterocycles. The molecule has 0 heterocycles. The first-order chi connectivity index (χ1) is 11.9. The number of carbonyl (C=O) groups is 1. The SMILES string of the molecule is COCC(=O)[C@H]1CC[C@H]2[C@@H]3CC[C@H]4C[C@H](O)CC[C@]4(C)[C@H]3CC[C@]12C. The van der Waals surface area contributed by atoms with Gasteiger partial charge in [0.15, 0.2) is 5.78 Å². The van der Waals surface area contributed by atoms with Gasteiger partial charge in [-0.25, -0.2) is 0 Å². The van der Waals surface area contributed by atoms with Gasteiger partial charge < -0.3 is 9.84 Å². The van der Waals surface area contributed by atoms with Gasteiger partial charge in [0.2, 0.25) is 0 Å². The lowest BCUT2D eigenvalue weighted by molar-refractivity contribution is -0.142. The minimum Gasteiger partial charge on any atom is -0.393 e. The number of ether oxygens (including phenoxy) is 1. The van der Waals surface area contributed by atoms with Crippen molar-refractivity contribution in [2.24, 2.45) is 40.4 Å². The van der Waals surface area contributed by atoms with Crippen LogP contribution in [-0.4, -0.2) is 30.7 Å². The van der Waals surface area contributed by atoms with Crippen molar-refractivity contribution in [1.29, 1.82) is 0 Å². The van der Waals surface area contributed by atoms with Crippen LogP contribution >= 0.6 is 0 Å². The van der Waals surface area contributed by atoms with E-state index in [4.69, 9.17) is 4.74 Å². The van der Waals surface area contributed by atoms with Gasteiger partial charge in [0.1, 0.15) is 6.61 Å². The van der Waals surface area contributed by atoms with E-state index < -0.39 is 0 Å². The number of rotatable bonds is 3. The van der Waals surface area contributed by atoms with Crippen molar-refractivity contribution in [2.75, 3.05) is 13.7 Å². The monoisotopic (exact) mass is 348 g/mol. The molecule has 0 bridgehead atoms. The minimum absolute atomic E-state index is 0.0639. The van der Waals surface area contributed by atoms with E-state index in [1.807, 2.05) is 0 Å². The Hall–Kier alpha value is -0.410. The highest BCUT2D eigenvalue weighted by Gasteiger charge is 2.61. The van der Waals surface area contributed by atoms with Crippen LogP contribution in [0.4, 0.5) is 0 Å². The fraction of sp³-hybridized carbons (Fsp3) is 0.955. The molecular weight excluding hydrogens is 312 g/mol. The Balaban J connectivity index is 1.57. The zero-order valence-corrected chi connectivity index (χ0v) is 16.3. The Bertz CT molecular complexity index is 531. The van der Waals surface area contributed by atoms with Crippen molar-refractivity contribution in [3.63, 3.8) is 0 Å². The first-order valence-electron chi connectivity index (χ1n) is 10.6. The van der Waals surface area contributed by atoms with Crippen molar-refractivity contribution in [1.82, 2.24) is 0 Å². The zero-order valence-electron chi connectivity index (χ0n) is 16.3. The average molecular weight is 349 g/mol. The molecule has 8 atom stereocenters. The molecule has 0 spiro atoms. The quantitative estimate of drug-likeness (QED) is 0.830. The first-order valence-corrected chi connectivity index (χ1v) is 10.6. The lowest BCUT2D eigenvalue weighted by atomic mass is 9.44. The number of aliphatic hydroxyl groups is 1.